The molecule has 0 amide bonds. The van der Waals surface area contributed by atoms with Gasteiger partial charge < -0.3 is 32.2 Å². The highest BCUT2D eigenvalue weighted by Gasteiger charge is 2.10. The predicted molar refractivity (Wildman–Crippen MR) is 82.2 cm³/mol. The minimum atomic E-state index is -0.833. The van der Waals surface area contributed by atoms with E-state index in [9.17, 15) is 4.39 Å². The molecule has 9 N–H and O–H groups in total. The summed E-state index contributed by atoms with van der Waals surface area (Å²) in [6.07, 6.45) is 0. The maximum atomic E-state index is 13.3. The van der Waals surface area contributed by atoms with Gasteiger partial charge in [-0.25, -0.2) is 4.39 Å². The maximum absolute atomic E-state index is 13.3. The lowest BCUT2D eigenvalue weighted by atomic mass is 10.3. The first-order valence-corrected chi connectivity index (χ1v) is 5.99. The van der Waals surface area contributed by atoms with E-state index in [-0.39, 0.29) is 22.2 Å². The van der Waals surface area contributed by atoms with Crippen molar-refractivity contribution >= 4 is 33.5 Å². The number of para-hydroxylation sites is 1. The Morgan fingerprint density at radius 1 is 1.43 bits per heavy atom. The van der Waals surface area contributed by atoms with Gasteiger partial charge in [-0.05, 0) is 28.1 Å². The van der Waals surface area contributed by atoms with Crippen molar-refractivity contribution in [3.05, 3.63) is 28.5 Å². The number of nitrogens with one attached hydrogen (secondary N) is 2. The Balaban J connectivity index is -0.000000417. The fraction of sp³-hybridized carbons (Fsp3) is 0.273. The summed E-state index contributed by atoms with van der Waals surface area (Å²) < 4.78 is 14.0. The molecule has 0 atom stereocenters. The summed E-state index contributed by atoms with van der Waals surface area (Å²) in [5, 5.41) is 13.3. The molecular formula is C11H19BrFN3O5. The molecule has 1 aliphatic heterocycles. The normalized spacial score (nSPS) is 11.1. The monoisotopic (exact) mass is 371 g/mol. The summed E-state index contributed by atoms with van der Waals surface area (Å²) in [4.78, 5) is 13.1. The van der Waals surface area contributed by atoms with E-state index in [0.29, 0.717) is 16.1 Å². The summed E-state index contributed by atoms with van der Waals surface area (Å²) in [6.45, 7) is 2.61. The second kappa shape index (κ2) is 12.0. The molecule has 0 saturated heterocycles. The number of anilines is 1. The van der Waals surface area contributed by atoms with E-state index in [2.05, 4.69) is 31.6 Å². The fourth-order valence-corrected chi connectivity index (χ4v) is 1.66. The molecular weight excluding hydrogens is 353 g/mol. The topological polar surface area (TPSA) is 168 Å². The van der Waals surface area contributed by atoms with Crippen molar-refractivity contribution in [3.8, 4) is 0 Å². The average Bonchev–Trinajstić information content (AvgIpc) is 2.75. The van der Waals surface area contributed by atoms with E-state index < -0.39 is 5.97 Å². The summed E-state index contributed by atoms with van der Waals surface area (Å²) in [5.74, 6) is -0.508. The highest BCUT2D eigenvalue weighted by atomic mass is 79.9. The minimum absolute atomic E-state index is 0. The second-order valence-electron chi connectivity index (χ2n) is 3.40. The van der Waals surface area contributed by atoms with Crippen LogP contribution < -0.4 is 10.6 Å². The molecule has 1 aromatic carbocycles. The quantitative estimate of drug-likeness (QED) is 0.609. The van der Waals surface area contributed by atoms with Crippen LogP contribution in [0, 0.1) is 5.82 Å². The number of carboxylic acid groups (broad SMARTS) is 1. The maximum Gasteiger partial charge on any atom is 0.300 e. The number of aliphatic imine (C=N–C) groups is 1. The number of guanidine groups is 1. The molecule has 1 aromatic rings. The van der Waals surface area contributed by atoms with Crippen LogP contribution in [0.1, 0.15) is 6.92 Å². The third kappa shape index (κ3) is 8.92. The van der Waals surface area contributed by atoms with Crippen LogP contribution in [0.5, 0.6) is 0 Å². The predicted octanol–water partition coefficient (Wildman–Crippen LogP) is -0.424. The zero-order valence-corrected chi connectivity index (χ0v) is 12.8. The lowest BCUT2D eigenvalue weighted by Gasteiger charge is -2.09. The Bertz CT molecular complexity index is 449. The highest BCUT2D eigenvalue weighted by molar-refractivity contribution is 9.10. The second-order valence-corrected chi connectivity index (χ2v) is 4.25. The molecule has 8 nitrogen and oxygen atoms in total. The number of halogens is 2. The van der Waals surface area contributed by atoms with Crippen molar-refractivity contribution in [1.82, 2.24) is 5.32 Å². The van der Waals surface area contributed by atoms with Crippen LogP contribution in [0.2, 0.25) is 0 Å². The molecule has 0 bridgehead atoms. The number of carboxylic acids is 1. The van der Waals surface area contributed by atoms with E-state index >= 15 is 0 Å². The number of nitrogens with zero attached hydrogens (tertiary/aromatic N) is 1. The van der Waals surface area contributed by atoms with Crippen molar-refractivity contribution in [2.75, 3.05) is 18.4 Å². The molecule has 0 radical (unpaired) electrons. The molecule has 1 heterocycles. The van der Waals surface area contributed by atoms with E-state index in [1.54, 1.807) is 12.1 Å². The Morgan fingerprint density at radius 2 is 2.00 bits per heavy atom. The van der Waals surface area contributed by atoms with Crippen LogP contribution in [0.25, 0.3) is 0 Å². The van der Waals surface area contributed by atoms with E-state index in [1.807, 2.05) is 0 Å². The van der Waals surface area contributed by atoms with Gasteiger partial charge in [-0.3, -0.25) is 9.79 Å². The third-order valence-corrected chi connectivity index (χ3v) is 2.54. The van der Waals surface area contributed by atoms with E-state index in [0.717, 1.165) is 20.0 Å². The van der Waals surface area contributed by atoms with Crippen molar-refractivity contribution in [1.29, 1.82) is 0 Å². The fourth-order valence-electron chi connectivity index (χ4n) is 1.22. The van der Waals surface area contributed by atoms with Gasteiger partial charge in [0.2, 0.25) is 0 Å². The van der Waals surface area contributed by atoms with Crippen LogP contribution in [0.15, 0.2) is 27.7 Å². The molecule has 21 heavy (non-hydrogen) atoms. The zero-order valence-electron chi connectivity index (χ0n) is 11.2. The molecule has 2 rings (SSSR count). The molecule has 0 aromatic heterocycles. The largest absolute Gasteiger partial charge is 0.481 e. The minimum Gasteiger partial charge on any atom is -0.481 e. The lowest BCUT2D eigenvalue weighted by molar-refractivity contribution is -0.134. The van der Waals surface area contributed by atoms with Gasteiger partial charge in [-0.2, -0.15) is 0 Å². The van der Waals surface area contributed by atoms with Gasteiger partial charge in [0.05, 0.1) is 12.2 Å². The van der Waals surface area contributed by atoms with Crippen LogP contribution in [0.4, 0.5) is 10.1 Å². The van der Waals surface area contributed by atoms with Gasteiger partial charge in [0.25, 0.3) is 5.97 Å². The summed E-state index contributed by atoms with van der Waals surface area (Å²) in [7, 11) is 0. The molecule has 122 valence electrons. The molecule has 0 saturated carbocycles. The Kier molecular flexibility index (Phi) is 13.9. The van der Waals surface area contributed by atoms with Crippen LogP contribution >= 0.6 is 15.9 Å². The summed E-state index contributed by atoms with van der Waals surface area (Å²) in [5.41, 5.74) is 0.417. The molecule has 1 aliphatic rings. The Labute approximate surface area is 129 Å². The molecule has 0 unspecified atom stereocenters. The van der Waals surface area contributed by atoms with Gasteiger partial charge >= 0.3 is 0 Å². The standard InChI is InChI=1S/C9H9BrFN3.C2H4O2.3H2O/c10-6-2-1-3-7(11)8(6)14-9-12-4-5-13-9;1-2(3)4;;;/h1-3H,4-5H2,(H2,12,13,14);1H3,(H,3,4);3*1H2. The summed E-state index contributed by atoms with van der Waals surface area (Å²) >= 11 is 3.27. The first-order valence-electron chi connectivity index (χ1n) is 5.19. The van der Waals surface area contributed by atoms with Gasteiger partial charge in [0.1, 0.15) is 5.82 Å². The van der Waals surface area contributed by atoms with Crippen LogP contribution in [-0.2, 0) is 4.79 Å². The smallest absolute Gasteiger partial charge is 0.300 e. The number of benzene rings is 1. The lowest BCUT2D eigenvalue weighted by Crippen LogP contribution is -2.26. The van der Waals surface area contributed by atoms with Gasteiger partial charge in [0.15, 0.2) is 5.96 Å². The van der Waals surface area contributed by atoms with Crippen molar-refractivity contribution in [2.45, 2.75) is 6.92 Å². The number of carbonyl (C=O) groups is 1. The van der Waals surface area contributed by atoms with E-state index in [4.69, 9.17) is 9.90 Å². The third-order valence-electron chi connectivity index (χ3n) is 1.88. The van der Waals surface area contributed by atoms with Crippen LogP contribution in [-0.4, -0.2) is 46.6 Å². The number of hydrogen-bond acceptors (Lipinski definition) is 4. The Morgan fingerprint density at radius 3 is 2.43 bits per heavy atom. The number of aliphatic carboxylic acids is 1. The zero-order chi connectivity index (χ0) is 13.5. The molecule has 10 heteroatoms. The number of rotatable bonds is 1. The van der Waals surface area contributed by atoms with E-state index in [1.165, 1.54) is 6.07 Å². The first-order chi connectivity index (χ1) is 8.50. The van der Waals surface area contributed by atoms with Gasteiger partial charge in [-0.15, -0.1) is 0 Å². The molecule has 0 spiro atoms. The van der Waals surface area contributed by atoms with Crippen LogP contribution in [0.3, 0.4) is 0 Å². The summed E-state index contributed by atoms with van der Waals surface area (Å²) in [6, 6.07) is 4.83. The van der Waals surface area contributed by atoms with Gasteiger partial charge in [0, 0.05) is 17.9 Å². The first kappa shape index (κ1) is 24.3. The number of hydrogen-bond donors (Lipinski definition) is 3. The Hall–Kier alpha value is -1.75. The van der Waals surface area contributed by atoms with Crippen molar-refractivity contribution in [3.63, 3.8) is 0 Å². The van der Waals surface area contributed by atoms with Crippen molar-refractivity contribution in [2.24, 2.45) is 4.99 Å². The molecule has 0 aliphatic carbocycles. The van der Waals surface area contributed by atoms with Crippen molar-refractivity contribution < 1.29 is 30.7 Å². The molecule has 0 fully saturated rings. The SMILES string of the molecule is CC(=O)O.Fc1cccc(Br)c1NC1=NCCN1.O.O.O. The van der Waals surface area contributed by atoms with Gasteiger partial charge in [-0.1, -0.05) is 6.07 Å². The average molecular weight is 372 g/mol. The highest BCUT2D eigenvalue weighted by Crippen LogP contribution is 2.24.